The van der Waals surface area contributed by atoms with Gasteiger partial charge < -0.3 is 0 Å². The second kappa shape index (κ2) is 15.8. The molecule has 2 aliphatic carbocycles. The van der Waals surface area contributed by atoms with Gasteiger partial charge in [-0.3, -0.25) is 0 Å². The van der Waals surface area contributed by atoms with Gasteiger partial charge in [0.2, 0.25) is 0 Å². The molecule has 2 nitrogen and oxygen atoms in total. The third kappa shape index (κ3) is 6.80. The maximum atomic E-state index is 6.71. The minimum Gasteiger partial charge on any atom is -0.147 e. The van der Waals surface area contributed by atoms with Crippen LogP contribution in [0.2, 0.25) is 13.1 Å². The average molecular weight is 835 g/mol. The average Bonchev–Trinajstić information content (AvgIpc) is 3.93. The van der Waals surface area contributed by atoms with E-state index in [4.69, 9.17) is 8.83 Å². The molecule has 2 aliphatic rings. The van der Waals surface area contributed by atoms with Crippen LogP contribution in [0, 0.1) is 34.6 Å². The number of benzene rings is 4. The van der Waals surface area contributed by atoms with Crippen LogP contribution in [0.1, 0.15) is 81.7 Å². The molecule has 4 aromatic carbocycles. The Morgan fingerprint density at radius 3 is 1.43 bits per heavy atom. The van der Waals surface area contributed by atoms with E-state index in [-0.39, 0.29) is 24.8 Å². The van der Waals surface area contributed by atoms with Crippen LogP contribution in [-0.4, -0.2) is 5.43 Å². The van der Waals surface area contributed by atoms with Crippen LogP contribution in [0.3, 0.4) is 0 Å². The van der Waals surface area contributed by atoms with Gasteiger partial charge in [-0.25, -0.2) is 0 Å². The fourth-order valence-electron chi connectivity index (χ4n) is 8.63. The molecule has 0 N–H and O–H groups in total. The SMILES string of the molecule is CCc1ccc(C2=Cc3c(cc(C)c(C)c3-c3ccccc3)[CH]2[Zr]([CH]2C(c3ccc(C)o3)=Cc3c2cc(C)c(C)c3-c2ccccc2)=[Si](C)C)o1.Cl.Cl. The van der Waals surface area contributed by atoms with Crippen LogP contribution >= 0.6 is 24.8 Å². The summed E-state index contributed by atoms with van der Waals surface area (Å²) in [5.41, 5.74) is 18.6. The van der Waals surface area contributed by atoms with Crippen molar-refractivity contribution in [1.82, 2.24) is 0 Å². The third-order valence-electron chi connectivity index (χ3n) is 11.3. The standard InChI is InChI=1S/C23H21O.C22H19O.C2H6Si.2ClH.Zr/c1-4-20-10-11-22(24-20)19-13-18-12-15(2)16(3)23(21(18)14-19)17-8-6-5-7-9-17;1-14-11-18-12-19(21-10-9-15(2)23-21)13-20(18)22(16(14)3)17-7-5-4-6-8-17;1-3-2;;;/h5-14H,4H2,1-3H3;4-13H,1-3H3;1-2H3;2*1H;. The number of hydrogen-bond donors (Lipinski definition) is 0. The normalized spacial score (nSPS) is 15.5. The molecular weight excluding hydrogens is 787 g/mol. The summed E-state index contributed by atoms with van der Waals surface area (Å²) in [4.78, 5) is 0. The van der Waals surface area contributed by atoms with Crippen molar-refractivity contribution in [2.45, 2.75) is 68.3 Å². The number of hydrogen-bond acceptors (Lipinski definition) is 2. The van der Waals surface area contributed by atoms with Crippen LogP contribution in [0.4, 0.5) is 0 Å². The number of aryl methyl sites for hydroxylation is 4. The second-order valence-electron chi connectivity index (χ2n) is 14.7. The quantitative estimate of drug-likeness (QED) is 0.150. The predicted octanol–water partition coefficient (Wildman–Crippen LogP) is 13.9. The fourth-order valence-corrected chi connectivity index (χ4v) is 28.4. The van der Waals surface area contributed by atoms with E-state index in [1.54, 1.807) is 0 Å². The summed E-state index contributed by atoms with van der Waals surface area (Å²) in [5.74, 6) is 4.10. The Balaban J connectivity index is 0.00000240. The van der Waals surface area contributed by atoms with Gasteiger partial charge >= 0.3 is 313 Å². The number of fused-ring (bicyclic) bond motifs is 2. The van der Waals surface area contributed by atoms with E-state index in [2.05, 4.69) is 164 Å². The van der Waals surface area contributed by atoms with E-state index in [1.807, 2.05) is 0 Å². The first-order valence-corrected chi connectivity index (χ1v) is 27.3. The minimum atomic E-state index is -2.66. The first-order chi connectivity index (χ1) is 24.7. The molecule has 53 heavy (non-hydrogen) atoms. The van der Waals surface area contributed by atoms with Crippen molar-refractivity contribution in [3.05, 3.63) is 165 Å². The van der Waals surface area contributed by atoms with Crippen molar-refractivity contribution in [1.29, 1.82) is 0 Å². The Morgan fingerprint density at radius 2 is 1.04 bits per heavy atom. The molecule has 2 unspecified atom stereocenters. The Morgan fingerprint density at radius 1 is 0.585 bits per heavy atom. The molecule has 6 aromatic rings. The van der Waals surface area contributed by atoms with Crippen molar-refractivity contribution < 1.29 is 29.2 Å². The summed E-state index contributed by atoms with van der Waals surface area (Å²) >= 11 is -2.66. The summed E-state index contributed by atoms with van der Waals surface area (Å²) in [6.07, 6.45) is 5.95. The van der Waals surface area contributed by atoms with Gasteiger partial charge in [-0.05, 0) is 0 Å². The molecule has 270 valence electrons. The molecule has 0 spiro atoms. The molecule has 0 saturated heterocycles. The van der Waals surface area contributed by atoms with Crippen molar-refractivity contribution in [3.8, 4) is 22.3 Å². The topological polar surface area (TPSA) is 26.3 Å². The van der Waals surface area contributed by atoms with Gasteiger partial charge in [0, 0.05) is 0 Å². The van der Waals surface area contributed by atoms with Crippen LogP contribution in [0.25, 0.3) is 45.6 Å². The van der Waals surface area contributed by atoms with Gasteiger partial charge in [-0.2, -0.15) is 0 Å². The molecule has 0 bridgehead atoms. The van der Waals surface area contributed by atoms with Gasteiger partial charge in [-0.1, -0.05) is 0 Å². The van der Waals surface area contributed by atoms with E-state index in [1.165, 1.54) is 77.9 Å². The zero-order valence-electron chi connectivity index (χ0n) is 31.9. The molecule has 2 heterocycles. The molecule has 0 saturated carbocycles. The Bertz CT molecular complexity index is 2430. The van der Waals surface area contributed by atoms with Gasteiger partial charge in [0.05, 0.1) is 0 Å². The molecule has 8 rings (SSSR count). The van der Waals surface area contributed by atoms with E-state index >= 15 is 0 Å². The van der Waals surface area contributed by atoms with Crippen LogP contribution in [-0.2, 0) is 26.8 Å². The number of allylic oxidation sites excluding steroid dienone is 2. The first kappa shape index (κ1) is 39.3. The second-order valence-corrected chi connectivity index (χ2v) is 32.5. The van der Waals surface area contributed by atoms with E-state index in [0.29, 0.717) is 7.25 Å². The van der Waals surface area contributed by atoms with Crippen LogP contribution in [0.15, 0.2) is 106 Å². The van der Waals surface area contributed by atoms with Gasteiger partial charge in [-0.15, -0.1) is 24.8 Å². The Labute approximate surface area is 335 Å². The van der Waals surface area contributed by atoms with Crippen molar-refractivity contribution in [3.63, 3.8) is 0 Å². The molecule has 0 amide bonds. The molecular formula is C47H48Cl2O2SiZr. The Hall–Kier alpha value is -3.40. The predicted molar refractivity (Wildman–Crippen MR) is 227 cm³/mol. The molecule has 2 aromatic heterocycles. The largest absolute Gasteiger partial charge is 0.147 e. The van der Waals surface area contributed by atoms with Crippen LogP contribution in [0.5, 0.6) is 0 Å². The summed E-state index contributed by atoms with van der Waals surface area (Å²) in [6, 6.07) is 36.0. The Kier molecular flexibility index (Phi) is 11.7. The third-order valence-corrected chi connectivity index (χ3v) is 30.5. The van der Waals surface area contributed by atoms with Gasteiger partial charge in [0.1, 0.15) is 0 Å². The molecule has 2 atom stereocenters. The summed E-state index contributed by atoms with van der Waals surface area (Å²) in [7, 11) is 0. The van der Waals surface area contributed by atoms with Crippen LogP contribution < -0.4 is 0 Å². The number of furan rings is 2. The van der Waals surface area contributed by atoms with E-state index < -0.39 is 25.8 Å². The summed E-state index contributed by atoms with van der Waals surface area (Å²) in [5, 5.41) is 0. The molecule has 0 radical (unpaired) electrons. The van der Waals surface area contributed by atoms with E-state index in [9.17, 15) is 0 Å². The minimum absolute atomic E-state index is 0. The van der Waals surface area contributed by atoms with Crippen molar-refractivity contribution >= 4 is 53.5 Å². The van der Waals surface area contributed by atoms with Gasteiger partial charge in [0.15, 0.2) is 0 Å². The zero-order valence-corrected chi connectivity index (χ0v) is 37.0. The maximum Gasteiger partial charge on any atom is -0.147 e. The monoisotopic (exact) mass is 832 g/mol. The summed E-state index contributed by atoms with van der Waals surface area (Å²) in [6.45, 7) is 18.7. The number of rotatable bonds is 7. The smallest absolute Gasteiger partial charge is 0.147 e. The molecule has 0 fully saturated rings. The maximum absolute atomic E-state index is 6.71. The zero-order chi connectivity index (χ0) is 35.6. The molecule has 6 heteroatoms. The van der Waals surface area contributed by atoms with Gasteiger partial charge in [0.25, 0.3) is 0 Å². The summed E-state index contributed by atoms with van der Waals surface area (Å²) < 4.78 is 14.0. The van der Waals surface area contributed by atoms with Crippen molar-refractivity contribution in [2.24, 2.45) is 0 Å². The fraction of sp³-hybridized carbons (Fsp3) is 0.234. The molecule has 0 aliphatic heterocycles. The first-order valence-electron chi connectivity index (χ1n) is 18.3. The number of halogens is 2. The van der Waals surface area contributed by atoms with Crippen molar-refractivity contribution in [2.75, 3.05) is 0 Å². The van der Waals surface area contributed by atoms with E-state index in [0.717, 1.165) is 29.5 Å².